The highest BCUT2D eigenvalue weighted by Gasteiger charge is 2.15. The predicted octanol–water partition coefficient (Wildman–Crippen LogP) is 3.03. The number of benzene rings is 1. The number of ether oxygens (including phenoxy) is 1. The summed E-state index contributed by atoms with van der Waals surface area (Å²) in [6.07, 6.45) is 1.84. The highest BCUT2D eigenvalue weighted by molar-refractivity contribution is 7.09. The lowest BCUT2D eigenvalue weighted by Crippen LogP contribution is -2.36. The van der Waals surface area contributed by atoms with Gasteiger partial charge in [0.25, 0.3) is 0 Å². The molecule has 148 valence electrons. The van der Waals surface area contributed by atoms with Crippen molar-refractivity contribution in [3.8, 4) is 0 Å². The third-order valence-electron chi connectivity index (χ3n) is 4.20. The molecule has 0 fully saturated rings. The number of halogens is 1. The molecule has 1 heterocycles. The predicted molar refractivity (Wildman–Crippen MR) is 106 cm³/mol. The van der Waals surface area contributed by atoms with Crippen LogP contribution in [0.15, 0.2) is 24.3 Å². The van der Waals surface area contributed by atoms with Crippen molar-refractivity contribution in [1.82, 2.24) is 14.7 Å². The van der Waals surface area contributed by atoms with Gasteiger partial charge in [0.05, 0.1) is 6.61 Å². The number of methoxy groups -OCH3 is 1. The number of aromatic nitrogens is 2. The van der Waals surface area contributed by atoms with Crippen molar-refractivity contribution < 1.29 is 13.9 Å². The van der Waals surface area contributed by atoms with E-state index in [0.717, 1.165) is 17.1 Å². The summed E-state index contributed by atoms with van der Waals surface area (Å²) in [6, 6.07) is 6.51. The van der Waals surface area contributed by atoms with Crippen molar-refractivity contribution in [3.63, 3.8) is 0 Å². The van der Waals surface area contributed by atoms with Gasteiger partial charge in [0.2, 0.25) is 11.0 Å². The number of nitrogens with one attached hydrogen (secondary N) is 1. The fourth-order valence-electron chi connectivity index (χ4n) is 2.42. The van der Waals surface area contributed by atoms with E-state index < -0.39 is 0 Å². The summed E-state index contributed by atoms with van der Waals surface area (Å²) >= 11 is 1.30. The normalized spacial score (nSPS) is 12.0. The van der Waals surface area contributed by atoms with Crippen LogP contribution in [0, 0.1) is 5.82 Å². The lowest BCUT2D eigenvalue weighted by atomic mass is 10.1. The number of rotatable bonds is 11. The molecule has 0 saturated carbocycles. The van der Waals surface area contributed by atoms with Crippen LogP contribution in [0.25, 0.3) is 0 Å². The van der Waals surface area contributed by atoms with Crippen LogP contribution < -0.4 is 10.2 Å². The summed E-state index contributed by atoms with van der Waals surface area (Å²) in [5, 5.41) is 3.74. The Balaban J connectivity index is 1.97. The summed E-state index contributed by atoms with van der Waals surface area (Å²) in [5.41, 5.74) is 0.956. The highest BCUT2D eigenvalue weighted by atomic mass is 32.1. The maximum atomic E-state index is 13.0. The number of carbonyl (C=O) groups excluding carboxylic acids is 1. The Hall–Kier alpha value is -2.06. The Bertz CT molecular complexity index is 708. The van der Waals surface area contributed by atoms with E-state index in [4.69, 9.17) is 4.74 Å². The fraction of sp³-hybridized carbons (Fsp3) is 0.526. The van der Waals surface area contributed by atoms with Gasteiger partial charge in [-0.2, -0.15) is 4.37 Å². The van der Waals surface area contributed by atoms with Gasteiger partial charge in [0.15, 0.2) is 0 Å². The summed E-state index contributed by atoms with van der Waals surface area (Å²) in [5.74, 6) is 0.461. The van der Waals surface area contributed by atoms with Gasteiger partial charge in [-0.1, -0.05) is 19.1 Å². The molecule has 1 aromatic heterocycles. The number of anilines is 1. The minimum Gasteiger partial charge on any atom is -0.383 e. The van der Waals surface area contributed by atoms with Gasteiger partial charge < -0.3 is 15.0 Å². The molecule has 1 amide bonds. The van der Waals surface area contributed by atoms with Gasteiger partial charge in [0, 0.05) is 50.6 Å². The molecule has 1 N–H and O–H groups in total. The first-order valence-electron chi connectivity index (χ1n) is 9.12. The fourth-order valence-corrected chi connectivity index (χ4v) is 3.16. The third kappa shape index (κ3) is 7.22. The molecule has 1 aromatic carbocycles. The molecular weight excluding hydrogens is 367 g/mol. The number of hydrogen-bond donors (Lipinski definition) is 1. The molecule has 0 aliphatic carbocycles. The second-order valence-corrected chi connectivity index (χ2v) is 7.13. The zero-order valence-corrected chi connectivity index (χ0v) is 16.9. The first-order valence-corrected chi connectivity index (χ1v) is 9.89. The van der Waals surface area contributed by atoms with Crippen molar-refractivity contribution in [2.75, 3.05) is 31.7 Å². The zero-order chi connectivity index (χ0) is 19.6. The molecule has 0 spiro atoms. The van der Waals surface area contributed by atoms with E-state index in [2.05, 4.69) is 14.7 Å². The molecule has 0 saturated heterocycles. The topological polar surface area (TPSA) is 67.4 Å². The molecule has 2 rings (SSSR count). The maximum Gasteiger partial charge on any atom is 0.221 e. The van der Waals surface area contributed by atoms with E-state index in [-0.39, 0.29) is 17.8 Å². The molecule has 0 aliphatic rings. The lowest BCUT2D eigenvalue weighted by Gasteiger charge is -2.21. The van der Waals surface area contributed by atoms with Gasteiger partial charge in [-0.3, -0.25) is 4.79 Å². The Morgan fingerprint density at radius 1 is 1.33 bits per heavy atom. The lowest BCUT2D eigenvalue weighted by molar-refractivity contribution is -0.121. The third-order valence-corrected chi connectivity index (χ3v) is 5.01. The van der Waals surface area contributed by atoms with Gasteiger partial charge in [-0.25, -0.2) is 9.37 Å². The van der Waals surface area contributed by atoms with Gasteiger partial charge >= 0.3 is 0 Å². The number of carbonyl (C=O) groups is 1. The molecule has 0 radical (unpaired) electrons. The van der Waals surface area contributed by atoms with Crippen LogP contribution in [0.2, 0.25) is 0 Å². The van der Waals surface area contributed by atoms with Crippen LogP contribution >= 0.6 is 11.5 Å². The van der Waals surface area contributed by atoms with Crippen LogP contribution in [0.1, 0.15) is 38.1 Å². The monoisotopic (exact) mass is 394 g/mol. The molecule has 0 bridgehead atoms. The molecule has 0 unspecified atom stereocenters. The minimum atomic E-state index is -0.257. The summed E-state index contributed by atoms with van der Waals surface area (Å²) in [4.78, 5) is 18.7. The van der Waals surface area contributed by atoms with Crippen LogP contribution in [0.3, 0.4) is 0 Å². The van der Waals surface area contributed by atoms with Gasteiger partial charge in [-0.15, -0.1) is 0 Å². The first-order chi connectivity index (χ1) is 13.0. The Labute approximate surface area is 163 Å². The van der Waals surface area contributed by atoms with Crippen LogP contribution in [-0.2, 0) is 16.0 Å². The van der Waals surface area contributed by atoms with E-state index in [1.807, 2.05) is 18.7 Å². The molecule has 0 aliphatic heterocycles. The molecule has 6 nitrogen and oxygen atoms in total. The molecule has 1 atom stereocenters. The van der Waals surface area contributed by atoms with E-state index in [0.29, 0.717) is 38.4 Å². The van der Waals surface area contributed by atoms with Crippen molar-refractivity contribution in [2.24, 2.45) is 0 Å². The Kier molecular flexibility index (Phi) is 8.60. The smallest absolute Gasteiger partial charge is 0.221 e. The van der Waals surface area contributed by atoms with Crippen molar-refractivity contribution in [3.05, 3.63) is 41.5 Å². The van der Waals surface area contributed by atoms with Crippen molar-refractivity contribution >= 4 is 22.6 Å². The molecule has 2 aromatic rings. The summed E-state index contributed by atoms with van der Waals surface area (Å²) < 4.78 is 22.6. The zero-order valence-electron chi connectivity index (χ0n) is 16.1. The second-order valence-electron chi connectivity index (χ2n) is 6.40. The van der Waals surface area contributed by atoms with Crippen LogP contribution in [-0.4, -0.2) is 48.1 Å². The quantitative estimate of drug-likeness (QED) is 0.635. The number of nitrogens with zero attached hydrogens (tertiary/aromatic N) is 3. The SMILES string of the molecule is CC[C@@H](C)NC(=O)CCN(CCOC)c1nc(Cc2ccc(F)cc2)ns1. The van der Waals surface area contributed by atoms with E-state index in [1.54, 1.807) is 19.2 Å². The van der Waals surface area contributed by atoms with E-state index in [1.165, 1.54) is 23.7 Å². The Morgan fingerprint density at radius 2 is 2.07 bits per heavy atom. The number of hydrogen-bond acceptors (Lipinski definition) is 6. The summed E-state index contributed by atoms with van der Waals surface area (Å²) in [7, 11) is 1.65. The average Bonchev–Trinajstić information content (AvgIpc) is 3.12. The standard InChI is InChI=1S/C19H27FN4O2S/c1-4-14(2)21-18(25)9-10-24(11-12-26-3)19-22-17(23-27-19)13-15-5-7-16(20)8-6-15/h5-8,14H,4,9-13H2,1-3H3,(H,21,25)/t14-/m1/s1. The van der Waals surface area contributed by atoms with Crippen molar-refractivity contribution in [2.45, 2.75) is 39.2 Å². The van der Waals surface area contributed by atoms with Crippen LogP contribution in [0.5, 0.6) is 0 Å². The summed E-state index contributed by atoms with van der Waals surface area (Å²) in [6.45, 7) is 5.77. The minimum absolute atomic E-state index is 0.0304. The molecule has 27 heavy (non-hydrogen) atoms. The second kappa shape index (κ2) is 10.9. The van der Waals surface area contributed by atoms with E-state index in [9.17, 15) is 9.18 Å². The van der Waals surface area contributed by atoms with Crippen molar-refractivity contribution in [1.29, 1.82) is 0 Å². The number of amides is 1. The highest BCUT2D eigenvalue weighted by Crippen LogP contribution is 2.19. The van der Waals surface area contributed by atoms with E-state index >= 15 is 0 Å². The molecule has 8 heteroatoms. The largest absolute Gasteiger partial charge is 0.383 e. The molecular formula is C19H27FN4O2S. The van der Waals surface area contributed by atoms with Crippen LogP contribution in [0.4, 0.5) is 9.52 Å². The van der Waals surface area contributed by atoms with Gasteiger partial charge in [-0.05, 0) is 31.0 Å². The average molecular weight is 395 g/mol. The Morgan fingerprint density at radius 3 is 2.74 bits per heavy atom. The first kappa shape index (κ1) is 21.2. The maximum absolute atomic E-state index is 13.0. The van der Waals surface area contributed by atoms with Gasteiger partial charge in [0.1, 0.15) is 11.6 Å².